The van der Waals surface area contributed by atoms with E-state index >= 15 is 0 Å². The number of aliphatic carboxylic acids is 1. The minimum atomic E-state index is -5.08. The normalized spacial score (nSPS) is 10.6. The number of hydrogen-bond donors (Lipinski definition) is 3. The quantitative estimate of drug-likeness (QED) is 0.736. The van der Waals surface area contributed by atoms with Gasteiger partial charge >= 0.3 is 12.1 Å². The van der Waals surface area contributed by atoms with Crippen molar-refractivity contribution in [2.45, 2.75) is 25.6 Å². The van der Waals surface area contributed by atoms with Crippen molar-refractivity contribution < 1.29 is 27.9 Å². The lowest BCUT2D eigenvalue weighted by Crippen LogP contribution is -2.21. The standard InChI is InChI=1S/C12H14N4OS.C2HF3O2/c13-8-10-14-12(18-16-10)15-11(17)7-6-9-4-2-1-3-5-9;3-2(4,5)1(6)7/h1-5H,6-8,13H2,(H,14,15,16,17);(H,6,7). The van der Waals surface area contributed by atoms with Gasteiger partial charge in [0.2, 0.25) is 11.0 Å². The summed E-state index contributed by atoms with van der Waals surface area (Å²) in [6.45, 7) is 0.288. The van der Waals surface area contributed by atoms with Crippen LogP contribution in [0.25, 0.3) is 0 Å². The first-order valence-electron chi connectivity index (χ1n) is 6.89. The predicted molar refractivity (Wildman–Crippen MR) is 84.9 cm³/mol. The summed E-state index contributed by atoms with van der Waals surface area (Å²) >= 11 is 1.15. The number of aryl methyl sites for hydroxylation is 1. The number of benzene rings is 1. The molecule has 0 aliphatic heterocycles. The molecule has 2 aromatic rings. The third-order valence-electron chi connectivity index (χ3n) is 2.62. The average molecular weight is 376 g/mol. The summed E-state index contributed by atoms with van der Waals surface area (Å²) < 4.78 is 35.7. The first-order valence-corrected chi connectivity index (χ1v) is 7.66. The van der Waals surface area contributed by atoms with Crippen molar-refractivity contribution in [3.05, 3.63) is 41.7 Å². The number of carbonyl (C=O) groups is 2. The number of nitrogens with zero attached hydrogens (tertiary/aromatic N) is 2. The lowest BCUT2D eigenvalue weighted by Gasteiger charge is -2.01. The molecule has 136 valence electrons. The van der Waals surface area contributed by atoms with Gasteiger partial charge in [-0.05, 0) is 12.0 Å². The summed E-state index contributed by atoms with van der Waals surface area (Å²) in [4.78, 5) is 24.6. The minimum absolute atomic E-state index is 0.0569. The Morgan fingerprint density at radius 3 is 2.32 bits per heavy atom. The second kappa shape index (κ2) is 9.69. The zero-order chi connectivity index (χ0) is 18.9. The number of aromatic nitrogens is 2. The Kier molecular flexibility index (Phi) is 7.95. The maximum absolute atomic E-state index is 11.7. The van der Waals surface area contributed by atoms with Gasteiger partial charge in [-0.25, -0.2) is 9.78 Å². The summed E-state index contributed by atoms with van der Waals surface area (Å²) in [6.07, 6.45) is -3.93. The summed E-state index contributed by atoms with van der Waals surface area (Å²) in [5.41, 5.74) is 6.54. The van der Waals surface area contributed by atoms with Crippen LogP contribution in [0.4, 0.5) is 18.3 Å². The molecule has 2 rings (SSSR count). The fourth-order valence-corrected chi connectivity index (χ4v) is 2.08. The Bertz CT molecular complexity index is 692. The highest BCUT2D eigenvalue weighted by atomic mass is 32.1. The molecule has 0 saturated carbocycles. The topological polar surface area (TPSA) is 118 Å². The maximum atomic E-state index is 11.7. The second-order valence-corrected chi connectivity index (χ2v) is 5.31. The van der Waals surface area contributed by atoms with Crippen LogP contribution in [-0.4, -0.2) is 32.5 Å². The van der Waals surface area contributed by atoms with Crippen LogP contribution in [-0.2, 0) is 22.6 Å². The molecule has 0 atom stereocenters. The van der Waals surface area contributed by atoms with Gasteiger partial charge in [0.1, 0.15) is 0 Å². The largest absolute Gasteiger partial charge is 0.490 e. The molecular formula is C14H15F3N4O3S. The van der Waals surface area contributed by atoms with Crippen LogP contribution < -0.4 is 11.1 Å². The van der Waals surface area contributed by atoms with Crippen LogP contribution in [0.1, 0.15) is 17.8 Å². The number of carboxylic acids is 1. The SMILES string of the molecule is NCc1nsc(NC(=O)CCc2ccccc2)n1.O=C(O)C(F)(F)F. The van der Waals surface area contributed by atoms with Crippen molar-refractivity contribution >= 4 is 28.5 Å². The zero-order valence-electron chi connectivity index (χ0n) is 12.8. The number of nitrogens with two attached hydrogens (primary N) is 1. The molecule has 0 spiro atoms. The van der Waals surface area contributed by atoms with Crippen molar-refractivity contribution in [3.8, 4) is 0 Å². The first-order chi connectivity index (χ1) is 11.7. The maximum Gasteiger partial charge on any atom is 0.490 e. The smallest absolute Gasteiger partial charge is 0.475 e. The number of anilines is 1. The van der Waals surface area contributed by atoms with E-state index in [9.17, 15) is 18.0 Å². The highest BCUT2D eigenvalue weighted by Gasteiger charge is 2.38. The molecule has 0 aliphatic rings. The van der Waals surface area contributed by atoms with E-state index in [0.717, 1.165) is 23.5 Å². The van der Waals surface area contributed by atoms with Gasteiger partial charge in [-0.1, -0.05) is 30.3 Å². The molecule has 0 unspecified atom stereocenters. The Hall–Kier alpha value is -2.53. The number of rotatable bonds is 5. The molecule has 25 heavy (non-hydrogen) atoms. The van der Waals surface area contributed by atoms with E-state index in [4.69, 9.17) is 15.6 Å². The van der Waals surface area contributed by atoms with Crippen molar-refractivity contribution in [2.24, 2.45) is 5.73 Å². The number of hydrogen-bond acceptors (Lipinski definition) is 6. The van der Waals surface area contributed by atoms with Crippen molar-refractivity contribution in [2.75, 3.05) is 5.32 Å². The zero-order valence-corrected chi connectivity index (χ0v) is 13.6. The molecule has 0 fully saturated rings. The van der Waals surface area contributed by atoms with Crippen LogP contribution >= 0.6 is 11.5 Å². The number of amides is 1. The molecule has 4 N–H and O–H groups in total. The fourth-order valence-electron chi connectivity index (χ4n) is 1.47. The van der Waals surface area contributed by atoms with Crippen molar-refractivity contribution in [3.63, 3.8) is 0 Å². The lowest BCUT2D eigenvalue weighted by molar-refractivity contribution is -0.192. The Labute approximate surface area is 144 Å². The van der Waals surface area contributed by atoms with E-state index in [1.807, 2.05) is 30.3 Å². The molecule has 7 nitrogen and oxygen atoms in total. The van der Waals surface area contributed by atoms with Gasteiger partial charge in [0.15, 0.2) is 5.82 Å². The van der Waals surface area contributed by atoms with E-state index in [2.05, 4.69) is 14.7 Å². The second-order valence-electron chi connectivity index (χ2n) is 4.56. The Morgan fingerprint density at radius 1 is 1.24 bits per heavy atom. The Morgan fingerprint density at radius 2 is 1.84 bits per heavy atom. The molecule has 0 radical (unpaired) electrons. The van der Waals surface area contributed by atoms with Crippen LogP contribution in [0.15, 0.2) is 30.3 Å². The van der Waals surface area contributed by atoms with E-state index in [1.165, 1.54) is 0 Å². The number of alkyl halides is 3. The minimum Gasteiger partial charge on any atom is -0.475 e. The summed E-state index contributed by atoms with van der Waals surface area (Å²) in [7, 11) is 0. The molecule has 1 heterocycles. The molecular weight excluding hydrogens is 361 g/mol. The third-order valence-corrected chi connectivity index (χ3v) is 3.29. The van der Waals surface area contributed by atoms with E-state index in [0.29, 0.717) is 17.4 Å². The van der Waals surface area contributed by atoms with Gasteiger partial charge in [-0.15, -0.1) is 0 Å². The molecule has 0 saturated heterocycles. The first kappa shape index (κ1) is 20.5. The molecule has 1 aromatic heterocycles. The number of carboxylic acid groups (broad SMARTS) is 1. The van der Waals surface area contributed by atoms with Gasteiger partial charge in [0.25, 0.3) is 0 Å². The fraction of sp³-hybridized carbons (Fsp3) is 0.286. The van der Waals surface area contributed by atoms with Crippen LogP contribution in [0.5, 0.6) is 0 Å². The molecule has 11 heteroatoms. The van der Waals surface area contributed by atoms with Crippen LogP contribution in [0, 0.1) is 0 Å². The summed E-state index contributed by atoms with van der Waals surface area (Å²) in [5.74, 6) is -2.26. The van der Waals surface area contributed by atoms with E-state index in [-0.39, 0.29) is 12.5 Å². The van der Waals surface area contributed by atoms with E-state index in [1.54, 1.807) is 0 Å². The predicted octanol–water partition coefficient (Wildman–Crippen LogP) is 2.20. The molecule has 0 bridgehead atoms. The van der Waals surface area contributed by atoms with Crippen molar-refractivity contribution in [1.82, 2.24) is 9.36 Å². The van der Waals surface area contributed by atoms with Gasteiger partial charge in [-0.3, -0.25) is 4.79 Å². The number of halogens is 3. The van der Waals surface area contributed by atoms with Gasteiger partial charge in [0.05, 0.1) is 6.54 Å². The van der Waals surface area contributed by atoms with Crippen molar-refractivity contribution in [1.29, 1.82) is 0 Å². The van der Waals surface area contributed by atoms with E-state index < -0.39 is 12.1 Å². The lowest BCUT2D eigenvalue weighted by atomic mass is 10.1. The number of nitrogens with one attached hydrogen (secondary N) is 1. The van der Waals surface area contributed by atoms with Crippen LogP contribution in [0.2, 0.25) is 0 Å². The van der Waals surface area contributed by atoms with Crippen LogP contribution in [0.3, 0.4) is 0 Å². The highest BCUT2D eigenvalue weighted by Crippen LogP contribution is 2.13. The third kappa shape index (κ3) is 8.22. The summed E-state index contributed by atoms with van der Waals surface area (Å²) in [5, 5.41) is 10.4. The monoisotopic (exact) mass is 376 g/mol. The van der Waals surface area contributed by atoms with Gasteiger partial charge < -0.3 is 16.2 Å². The number of carbonyl (C=O) groups excluding carboxylic acids is 1. The molecule has 1 amide bonds. The summed E-state index contributed by atoms with van der Waals surface area (Å²) in [6, 6.07) is 9.89. The Balaban J connectivity index is 0.000000381. The van der Waals surface area contributed by atoms with Gasteiger partial charge in [-0.2, -0.15) is 17.5 Å². The highest BCUT2D eigenvalue weighted by molar-refractivity contribution is 7.09. The van der Waals surface area contributed by atoms with Gasteiger partial charge in [0, 0.05) is 18.0 Å². The average Bonchev–Trinajstić information content (AvgIpc) is 3.01. The molecule has 0 aliphatic carbocycles. The molecule has 1 aromatic carbocycles.